The Kier molecular flexibility index (Phi) is 3.31. The van der Waals surface area contributed by atoms with Gasteiger partial charge in [0.1, 0.15) is 11.9 Å². The fourth-order valence-corrected chi connectivity index (χ4v) is 3.04. The monoisotopic (exact) mass is 334 g/mol. The van der Waals surface area contributed by atoms with Crippen molar-refractivity contribution in [3.05, 3.63) is 63.9 Å². The first kappa shape index (κ1) is 13.3. The summed E-state index contributed by atoms with van der Waals surface area (Å²) in [5, 5.41) is 0. The minimum absolute atomic E-state index is 0.183. The minimum Gasteiger partial charge on any atom is -0.316 e. The average molecular weight is 335 g/mol. The Morgan fingerprint density at radius 3 is 2.70 bits per heavy atom. The van der Waals surface area contributed by atoms with Crippen LogP contribution in [0.25, 0.3) is 0 Å². The molecule has 0 radical (unpaired) electrons. The van der Waals surface area contributed by atoms with Gasteiger partial charge in [0.25, 0.3) is 0 Å². The van der Waals surface area contributed by atoms with Crippen LogP contribution in [0.1, 0.15) is 17.2 Å². The van der Waals surface area contributed by atoms with Gasteiger partial charge in [-0.2, -0.15) is 0 Å². The third-order valence-corrected chi connectivity index (χ3v) is 4.14. The average Bonchev–Trinajstić information content (AvgIpc) is 2.67. The summed E-state index contributed by atoms with van der Waals surface area (Å²) in [7, 11) is 0. The summed E-state index contributed by atoms with van der Waals surface area (Å²) >= 11 is 3.41. The molecule has 3 rings (SSSR count). The van der Waals surface area contributed by atoms with Gasteiger partial charge in [-0.05, 0) is 18.2 Å². The maximum atomic E-state index is 13.7. The fraction of sp³-hybridized carbons (Fsp3) is 0.133. The predicted molar refractivity (Wildman–Crippen MR) is 78.7 cm³/mol. The van der Waals surface area contributed by atoms with E-state index in [1.165, 1.54) is 11.0 Å². The van der Waals surface area contributed by atoms with Crippen molar-refractivity contribution < 1.29 is 9.18 Å². The number of fused-ring (bicyclic) bond motifs is 1. The van der Waals surface area contributed by atoms with Gasteiger partial charge in [-0.1, -0.05) is 40.2 Å². The summed E-state index contributed by atoms with van der Waals surface area (Å²) in [6.45, 7) is 0.183. The summed E-state index contributed by atoms with van der Waals surface area (Å²) < 4.78 is 14.5. The lowest BCUT2D eigenvalue weighted by atomic mass is 10.1. The van der Waals surface area contributed by atoms with E-state index in [4.69, 9.17) is 5.73 Å². The second-order valence-electron chi connectivity index (χ2n) is 4.67. The number of hydrogen-bond acceptors (Lipinski definition) is 2. The van der Waals surface area contributed by atoms with Crippen molar-refractivity contribution in [2.24, 2.45) is 5.73 Å². The summed E-state index contributed by atoms with van der Waals surface area (Å²) in [5.41, 5.74) is 7.93. The molecule has 2 aromatic rings. The number of nitrogens with zero attached hydrogens (tertiary/aromatic N) is 1. The zero-order valence-electron chi connectivity index (χ0n) is 10.5. The molecule has 0 fully saturated rings. The molecule has 2 aromatic carbocycles. The summed E-state index contributed by atoms with van der Waals surface area (Å²) in [6, 6.07) is 11.2. The molecular formula is C15H12BrFN2O. The number of carbonyl (C=O) groups excluding carboxylic acids is 1. The maximum Gasteiger partial charge on any atom is 0.248 e. The molecule has 2 N–H and O–H groups in total. The van der Waals surface area contributed by atoms with Gasteiger partial charge >= 0.3 is 0 Å². The van der Waals surface area contributed by atoms with Gasteiger partial charge in [-0.15, -0.1) is 0 Å². The third kappa shape index (κ3) is 2.03. The topological polar surface area (TPSA) is 46.3 Å². The van der Waals surface area contributed by atoms with Crippen molar-refractivity contribution in [3.8, 4) is 0 Å². The molecule has 102 valence electrons. The third-order valence-electron chi connectivity index (χ3n) is 3.45. The molecule has 1 atom stereocenters. The molecule has 1 unspecified atom stereocenters. The molecule has 5 heteroatoms. The summed E-state index contributed by atoms with van der Waals surface area (Å²) in [6.07, 6.45) is 0. The van der Waals surface area contributed by atoms with Crippen LogP contribution < -0.4 is 10.6 Å². The van der Waals surface area contributed by atoms with Crippen LogP contribution in [-0.4, -0.2) is 5.91 Å². The van der Waals surface area contributed by atoms with Crippen molar-refractivity contribution in [2.45, 2.75) is 12.6 Å². The van der Waals surface area contributed by atoms with Crippen molar-refractivity contribution in [1.29, 1.82) is 0 Å². The Hall–Kier alpha value is -1.72. The lowest BCUT2D eigenvalue weighted by Gasteiger charge is -2.18. The van der Waals surface area contributed by atoms with E-state index in [-0.39, 0.29) is 18.3 Å². The molecule has 1 heterocycles. The molecule has 1 aliphatic heterocycles. The minimum atomic E-state index is -0.702. The van der Waals surface area contributed by atoms with Crippen molar-refractivity contribution in [3.63, 3.8) is 0 Å². The van der Waals surface area contributed by atoms with E-state index in [0.29, 0.717) is 5.56 Å². The Labute approximate surface area is 124 Å². The number of rotatable bonds is 2. The zero-order chi connectivity index (χ0) is 14.3. The lowest BCUT2D eigenvalue weighted by molar-refractivity contribution is -0.119. The van der Waals surface area contributed by atoms with Crippen LogP contribution in [0.4, 0.5) is 10.1 Å². The zero-order valence-corrected chi connectivity index (χ0v) is 12.1. The molecule has 0 bridgehead atoms. The van der Waals surface area contributed by atoms with Gasteiger partial charge in [-0.3, -0.25) is 4.79 Å². The Balaban J connectivity index is 2.02. The molecule has 1 amide bonds. The van der Waals surface area contributed by atoms with E-state index >= 15 is 0 Å². The number of hydrogen-bond donors (Lipinski definition) is 1. The Morgan fingerprint density at radius 2 is 1.95 bits per heavy atom. The molecule has 0 saturated heterocycles. The molecule has 20 heavy (non-hydrogen) atoms. The van der Waals surface area contributed by atoms with Crippen LogP contribution in [-0.2, 0) is 11.3 Å². The highest BCUT2D eigenvalue weighted by atomic mass is 79.9. The number of carbonyl (C=O) groups is 1. The first-order valence-electron chi connectivity index (χ1n) is 6.18. The molecule has 0 spiro atoms. The second kappa shape index (κ2) is 5.00. The van der Waals surface area contributed by atoms with Crippen LogP contribution in [0.3, 0.4) is 0 Å². The SMILES string of the molecule is NC1C(=O)N(Cc2ccccc2F)c2cccc(Br)c21. The quantitative estimate of drug-likeness (QED) is 0.917. The van der Waals surface area contributed by atoms with E-state index in [2.05, 4.69) is 15.9 Å². The van der Waals surface area contributed by atoms with Crippen LogP contribution in [0.2, 0.25) is 0 Å². The second-order valence-corrected chi connectivity index (χ2v) is 5.52. The Bertz CT molecular complexity index is 689. The number of anilines is 1. The smallest absolute Gasteiger partial charge is 0.248 e. The molecule has 0 aromatic heterocycles. The Morgan fingerprint density at radius 1 is 1.20 bits per heavy atom. The number of nitrogens with two attached hydrogens (primary N) is 1. The van der Waals surface area contributed by atoms with Crippen molar-refractivity contribution in [1.82, 2.24) is 0 Å². The molecule has 0 saturated carbocycles. The van der Waals surface area contributed by atoms with Gasteiger partial charge in [0.15, 0.2) is 0 Å². The standard InChI is InChI=1S/C15H12BrFN2O/c16-10-5-3-7-12-13(10)14(18)15(20)19(12)8-9-4-1-2-6-11(9)17/h1-7,14H,8,18H2. The predicted octanol–water partition coefficient (Wildman–Crippen LogP) is 3.13. The molecule has 0 aliphatic carbocycles. The maximum absolute atomic E-state index is 13.7. The lowest BCUT2D eigenvalue weighted by Crippen LogP contribution is -2.31. The van der Waals surface area contributed by atoms with E-state index in [1.54, 1.807) is 18.2 Å². The van der Waals surface area contributed by atoms with E-state index < -0.39 is 6.04 Å². The van der Waals surface area contributed by atoms with Crippen LogP contribution in [0.5, 0.6) is 0 Å². The number of halogens is 2. The number of benzene rings is 2. The van der Waals surface area contributed by atoms with E-state index in [1.807, 2.05) is 18.2 Å². The summed E-state index contributed by atoms with van der Waals surface area (Å²) in [4.78, 5) is 13.8. The normalized spacial score (nSPS) is 17.4. The first-order chi connectivity index (χ1) is 9.59. The first-order valence-corrected chi connectivity index (χ1v) is 6.97. The highest BCUT2D eigenvalue weighted by molar-refractivity contribution is 9.10. The van der Waals surface area contributed by atoms with Gasteiger partial charge < -0.3 is 10.6 Å². The van der Waals surface area contributed by atoms with Gasteiger partial charge in [-0.25, -0.2) is 4.39 Å². The van der Waals surface area contributed by atoms with Crippen molar-refractivity contribution in [2.75, 3.05) is 4.90 Å². The molecule has 1 aliphatic rings. The molecule has 3 nitrogen and oxygen atoms in total. The van der Waals surface area contributed by atoms with E-state index in [0.717, 1.165) is 15.7 Å². The number of amides is 1. The van der Waals surface area contributed by atoms with Gasteiger partial charge in [0.05, 0.1) is 12.2 Å². The van der Waals surface area contributed by atoms with Crippen molar-refractivity contribution >= 4 is 27.5 Å². The largest absolute Gasteiger partial charge is 0.316 e. The molecular weight excluding hydrogens is 323 g/mol. The highest BCUT2D eigenvalue weighted by Gasteiger charge is 2.36. The van der Waals surface area contributed by atoms with Gasteiger partial charge in [0, 0.05) is 15.6 Å². The summed E-state index contributed by atoms with van der Waals surface area (Å²) in [5.74, 6) is -0.535. The van der Waals surface area contributed by atoms with Crippen LogP contribution >= 0.6 is 15.9 Å². The van der Waals surface area contributed by atoms with Crippen LogP contribution in [0, 0.1) is 5.82 Å². The van der Waals surface area contributed by atoms with Gasteiger partial charge in [0.2, 0.25) is 5.91 Å². The van der Waals surface area contributed by atoms with Crippen LogP contribution in [0.15, 0.2) is 46.9 Å². The van der Waals surface area contributed by atoms with E-state index in [9.17, 15) is 9.18 Å². The fourth-order valence-electron chi connectivity index (χ4n) is 2.44. The highest BCUT2D eigenvalue weighted by Crippen LogP contribution is 2.40.